The lowest BCUT2D eigenvalue weighted by molar-refractivity contribution is -0.386. The Labute approximate surface area is 147 Å². The molecule has 0 unspecified atom stereocenters. The van der Waals surface area contributed by atoms with E-state index in [2.05, 4.69) is 11.7 Å². The molecule has 3 rings (SSSR count). The Bertz CT molecular complexity index is 1150. The minimum absolute atomic E-state index is 0.0602. The first-order chi connectivity index (χ1) is 12.4. The number of para-hydroxylation sites is 1. The maximum absolute atomic E-state index is 12.7. The first-order valence-corrected chi connectivity index (χ1v) is 7.55. The summed E-state index contributed by atoms with van der Waals surface area (Å²) in [5, 5.41) is 24.4. The minimum Gasteiger partial charge on any atom is -0.500 e. The van der Waals surface area contributed by atoms with Crippen LogP contribution >= 0.6 is 0 Å². The number of aromatic amines is 1. The topological polar surface area (TPSA) is 110 Å². The summed E-state index contributed by atoms with van der Waals surface area (Å²) in [5.41, 5.74) is 0.0971. The molecule has 8 nitrogen and oxygen atoms in total. The highest BCUT2D eigenvalue weighted by Gasteiger charge is 2.19. The first-order valence-electron chi connectivity index (χ1n) is 7.55. The summed E-state index contributed by atoms with van der Waals surface area (Å²) >= 11 is 0. The van der Waals surface area contributed by atoms with Gasteiger partial charge in [0.05, 0.1) is 28.3 Å². The molecule has 1 heterocycles. The van der Waals surface area contributed by atoms with Gasteiger partial charge in [0.15, 0.2) is 5.75 Å². The normalized spacial score (nSPS) is 11.5. The lowest BCUT2D eigenvalue weighted by Crippen LogP contribution is -2.33. The number of nitrogens with zero attached hydrogens (tertiary/aromatic N) is 2. The largest absolute Gasteiger partial charge is 0.500 e. The van der Waals surface area contributed by atoms with Gasteiger partial charge in [0.1, 0.15) is 0 Å². The van der Waals surface area contributed by atoms with E-state index in [1.165, 1.54) is 23.9 Å². The van der Waals surface area contributed by atoms with Crippen LogP contribution in [0.3, 0.4) is 0 Å². The number of hydrogen-bond acceptors (Lipinski definition) is 5. The van der Waals surface area contributed by atoms with Gasteiger partial charge in [-0.1, -0.05) is 24.8 Å². The average molecular weight is 353 g/mol. The highest BCUT2D eigenvalue weighted by molar-refractivity contribution is 5.64. The van der Waals surface area contributed by atoms with Crippen LogP contribution in [0.15, 0.2) is 47.3 Å². The summed E-state index contributed by atoms with van der Waals surface area (Å²) < 4.78 is 6.30. The third kappa shape index (κ3) is 2.95. The molecule has 1 aromatic heterocycles. The van der Waals surface area contributed by atoms with Crippen LogP contribution in [-0.4, -0.2) is 26.9 Å². The number of aromatic hydroxyl groups is 1. The number of benzene rings is 2. The van der Waals surface area contributed by atoms with Crippen LogP contribution in [0.2, 0.25) is 0 Å². The maximum atomic E-state index is 12.7. The SMILES string of the molecule is C=c1[nH]n(-c2ccccc2)c(=O)c1=Cc1cc(OC)c(O)c([N+](=O)[O-])c1. The van der Waals surface area contributed by atoms with Gasteiger partial charge in [-0.25, -0.2) is 4.68 Å². The Morgan fingerprint density at radius 1 is 1.31 bits per heavy atom. The number of nitrogens with one attached hydrogen (secondary N) is 1. The molecule has 0 aliphatic rings. The molecular formula is C18H15N3O5. The zero-order valence-electron chi connectivity index (χ0n) is 13.8. The van der Waals surface area contributed by atoms with Crippen LogP contribution in [0.25, 0.3) is 18.3 Å². The molecule has 2 N–H and O–H groups in total. The molecule has 0 bridgehead atoms. The van der Waals surface area contributed by atoms with Crippen LogP contribution in [0.4, 0.5) is 5.69 Å². The van der Waals surface area contributed by atoms with E-state index in [-0.39, 0.29) is 16.5 Å². The third-order valence-electron chi connectivity index (χ3n) is 3.82. The van der Waals surface area contributed by atoms with E-state index in [0.717, 1.165) is 6.07 Å². The van der Waals surface area contributed by atoms with Crippen molar-refractivity contribution in [1.82, 2.24) is 9.78 Å². The molecular weight excluding hydrogens is 338 g/mol. The van der Waals surface area contributed by atoms with Crippen molar-refractivity contribution in [3.8, 4) is 17.2 Å². The van der Waals surface area contributed by atoms with Crippen LogP contribution in [0, 0.1) is 10.1 Å². The lowest BCUT2D eigenvalue weighted by Gasteiger charge is -2.05. The van der Waals surface area contributed by atoms with Gasteiger partial charge in [0.2, 0.25) is 5.75 Å². The van der Waals surface area contributed by atoms with Crippen LogP contribution in [-0.2, 0) is 0 Å². The standard InChI is InChI=1S/C18H15N3O5/c1-11-14(18(23)20(19-11)13-6-4-3-5-7-13)8-12-9-15(21(24)25)17(22)16(10-12)26-2/h3-10,19,22H,1H2,2H3. The molecule has 2 aromatic carbocycles. The number of phenols is 1. The van der Waals surface area contributed by atoms with Gasteiger partial charge >= 0.3 is 5.69 Å². The van der Waals surface area contributed by atoms with Crippen molar-refractivity contribution in [2.45, 2.75) is 0 Å². The maximum Gasteiger partial charge on any atom is 0.315 e. The second-order valence-corrected chi connectivity index (χ2v) is 5.47. The van der Waals surface area contributed by atoms with Crippen molar-refractivity contribution in [2.24, 2.45) is 0 Å². The van der Waals surface area contributed by atoms with Gasteiger partial charge in [-0.15, -0.1) is 0 Å². The van der Waals surface area contributed by atoms with Gasteiger partial charge in [0.25, 0.3) is 5.56 Å². The molecule has 8 heteroatoms. The van der Waals surface area contributed by atoms with Crippen molar-refractivity contribution in [3.05, 3.63) is 79.1 Å². The molecule has 0 atom stereocenters. The quantitative estimate of drug-likeness (QED) is 0.538. The average Bonchev–Trinajstić information content (AvgIpc) is 2.91. The number of ether oxygens (including phenoxy) is 1. The first kappa shape index (κ1) is 17.0. The summed E-state index contributed by atoms with van der Waals surface area (Å²) in [6.45, 7) is 3.82. The summed E-state index contributed by atoms with van der Waals surface area (Å²) in [6.07, 6.45) is 1.45. The lowest BCUT2D eigenvalue weighted by atomic mass is 10.1. The van der Waals surface area contributed by atoms with E-state index < -0.39 is 16.4 Å². The molecule has 0 amide bonds. The smallest absolute Gasteiger partial charge is 0.315 e. The van der Waals surface area contributed by atoms with Gasteiger partial charge < -0.3 is 9.84 Å². The molecule has 0 aliphatic carbocycles. The van der Waals surface area contributed by atoms with E-state index in [9.17, 15) is 20.0 Å². The zero-order chi connectivity index (χ0) is 18.8. The fourth-order valence-electron chi connectivity index (χ4n) is 2.56. The summed E-state index contributed by atoms with van der Waals surface area (Å²) in [6, 6.07) is 11.5. The molecule has 0 aliphatic heterocycles. The molecule has 3 aromatic rings. The van der Waals surface area contributed by atoms with E-state index in [0.29, 0.717) is 16.6 Å². The number of methoxy groups -OCH3 is 1. The Balaban J connectivity index is 2.23. The number of nitro benzene ring substituents is 1. The van der Waals surface area contributed by atoms with Crippen LogP contribution in [0.5, 0.6) is 11.5 Å². The summed E-state index contributed by atoms with van der Waals surface area (Å²) in [4.78, 5) is 23.1. The van der Waals surface area contributed by atoms with Crippen molar-refractivity contribution >= 4 is 18.3 Å². The second-order valence-electron chi connectivity index (χ2n) is 5.47. The van der Waals surface area contributed by atoms with Gasteiger partial charge in [-0.3, -0.25) is 20.0 Å². The zero-order valence-corrected chi connectivity index (χ0v) is 13.8. The number of nitro groups is 1. The van der Waals surface area contributed by atoms with E-state index in [1.807, 2.05) is 6.07 Å². The highest BCUT2D eigenvalue weighted by Crippen LogP contribution is 2.36. The van der Waals surface area contributed by atoms with Gasteiger partial charge in [0, 0.05) is 6.07 Å². The number of aromatic nitrogens is 2. The predicted octanol–water partition coefficient (Wildman–Crippen LogP) is 1.03. The number of rotatable bonds is 4. The molecule has 132 valence electrons. The Morgan fingerprint density at radius 3 is 2.62 bits per heavy atom. The van der Waals surface area contributed by atoms with Gasteiger partial charge in [-0.05, 0) is 29.8 Å². The highest BCUT2D eigenvalue weighted by atomic mass is 16.6. The number of phenolic OH excluding ortho intramolecular Hbond substituents is 1. The Hall–Kier alpha value is -3.81. The Kier molecular flexibility index (Phi) is 4.32. The predicted molar refractivity (Wildman–Crippen MR) is 96.0 cm³/mol. The van der Waals surface area contributed by atoms with Crippen molar-refractivity contribution in [2.75, 3.05) is 7.11 Å². The summed E-state index contributed by atoms with van der Waals surface area (Å²) in [7, 11) is 1.29. The molecule has 0 fully saturated rings. The third-order valence-corrected chi connectivity index (χ3v) is 3.82. The van der Waals surface area contributed by atoms with Crippen molar-refractivity contribution in [3.63, 3.8) is 0 Å². The monoisotopic (exact) mass is 353 g/mol. The second kappa shape index (κ2) is 6.60. The van der Waals surface area contributed by atoms with Crippen LogP contribution in [0.1, 0.15) is 5.56 Å². The number of H-pyrrole nitrogens is 1. The molecule has 0 saturated carbocycles. The fraction of sp³-hybridized carbons (Fsp3) is 0.0556. The van der Waals surface area contributed by atoms with Crippen molar-refractivity contribution < 1.29 is 14.8 Å². The minimum atomic E-state index is -0.723. The van der Waals surface area contributed by atoms with Gasteiger partial charge in [-0.2, -0.15) is 0 Å². The van der Waals surface area contributed by atoms with Crippen molar-refractivity contribution in [1.29, 1.82) is 0 Å². The molecule has 0 saturated heterocycles. The Morgan fingerprint density at radius 2 is 2.00 bits per heavy atom. The van der Waals surface area contributed by atoms with Crippen LogP contribution < -0.4 is 20.9 Å². The summed E-state index contributed by atoms with van der Waals surface area (Å²) in [5.74, 6) is -0.629. The number of hydrogen-bond donors (Lipinski definition) is 2. The fourth-order valence-corrected chi connectivity index (χ4v) is 2.56. The van der Waals surface area contributed by atoms with E-state index in [1.54, 1.807) is 24.3 Å². The molecule has 0 spiro atoms. The van der Waals surface area contributed by atoms with E-state index >= 15 is 0 Å². The van der Waals surface area contributed by atoms with E-state index in [4.69, 9.17) is 4.74 Å². The molecule has 0 radical (unpaired) electrons. The molecule has 26 heavy (non-hydrogen) atoms.